The number of benzene rings is 1. The molecule has 0 unspecified atom stereocenters. The van der Waals surface area contributed by atoms with Crippen molar-refractivity contribution in [2.24, 2.45) is 0 Å². The SMILES string of the molecule is CCCn1c(N(C)c2ccc(CC)cc2)n[nH]c1=S. The molecule has 0 aliphatic rings. The second-order valence-electron chi connectivity index (χ2n) is 4.56. The predicted octanol–water partition coefficient (Wildman–Crippen LogP) is 3.68. The van der Waals surface area contributed by atoms with E-state index in [1.807, 2.05) is 11.6 Å². The lowest BCUT2D eigenvalue weighted by molar-refractivity contribution is 0.667. The van der Waals surface area contributed by atoms with Gasteiger partial charge >= 0.3 is 0 Å². The fraction of sp³-hybridized carbons (Fsp3) is 0.429. The predicted molar refractivity (Wildman–Crippen MR) is 81.6 cm³/mol. The van der Waals surface area contributed by atoms with E-state index in [2.05, 4.69) is 53.2 Å². The number of aromatic amines is 1. The maximum atomic E-state index is 5.27. The Morgan fingerprint density at radius 1 is 1.26 bits per heavy atom. The highest BCUT2D eigenvalue weighted by Crippen LogP contribution is 2.22. The fourth-order valence-electron chi connectivity index (χ4n) is 2.06. The standard InChI is InChI=1S/C14H20N4S/c1-4-10-18-13(15-16-14(18)19)17(3)12-8-6-11(5-2)7-9-12/h6-9H,4-5,10H2,1-3H3,(H,16,19). The minimum atomic E-state index is 0.675. The van der Waals surface area contributed by atoms with Crippen molar-refractivity contribution in [2.75, 3.05) is 11.9 Å². The normalized spacial score (nSPS) is 10.7. The first-order valence-corrected chi connectivity index (χ1v) is 7.06. The zero-order chi connectivity index (χ0) is 13.8. The number of hydrogen-bond acceptors (Lipinski definition) is 3. The summed E-state index contributed by atoms with van der Waals surface area (Å²) < 4.78 is 2.71. The van der Waals surface area contributed by atoms with E-state index in [9.17, 15) is 0 Å². The Bertz CT molecular complexity index is 582. The van der Waals surface area contributed by atoms with E-state index in [1.54, 1.807) is 0 Å². The molecule has 0 amide bonds. The van der Waals surface area contributed by atoms with Crippen molar-refractivity contribution in [3.8, 4) is 0 Å². The zero-order valence-corrected chi connectivity index (χ0v) is 12.5. The highest BCUT2D eigenvalue weighted by atomic mass is 32.1. The van der Waals surface area contributed by atoms with Crippen molar-refractivity contribution in [1.29, 1.82) is 0 Å². The molecule has 0 aliphatic heterocycles. The van der Waals surface area contributed by atoms with Crippen LogP contribution in [0.2, 0.25) is 0 Å². The Morgan fingerprint density at radius 3 is 2.53 bits per heavy atom. The summed E-state index contributed by atoms with van der Waals surface area (Å²) in [5.74, 6) is 0.857. The van der Waals surface area contributed by atoms with Crippen LogP contribution in [0.4, 0.5) is 11.6 Å². The number of aromatic nitrogens is 3. The minimum absolute atomic E-state index is 0.675. The number of nitrogens with one attached hydrogen (secondary N) is 1. The molecule has 1 aromatic carbocycles. The molecule has 0 fully saturated rings. The molecule has 0 spiro atoms. The number of aryl methyl sites for hydroxylation is 1. The largest absolute Gasteiger partial charge is 0.314 e. The molecule has 0 radical (unpaired) electrons. The Labute approximate surface area is 119 Å². The van der Waals surface area contributed by atoms with Crippen LogP contribution in [0.3, 0.4) is 0 Å². The molecule has 0 atom stereocenters. The molecule has 2 rings (SSSR count). The van der Waals surface area contributed by atoms with Gasteiger partial charge in [-0.25, -0.2) is 5.10 Å². The van der Waals surface area contributed by atoms with Crippen LogP contribution < -0.4 is 4.90 Å². The maximum Gasteiger partial charge on any atom is 0.229 e. The van der Waals surface area contributed by atoms with Crippen molar-refractivity contribution in [3.63, 3.8) is 0 Å². The molecule has 1 heterocycles. The first-order valence-electron chi connectivity index (χ1n) is 6.65. The second kappa shape index (κ2) is 6.02. The van der Waals surface area contributed by atoms with E-state index in [4.69, 9.17) is 12.2 Å². The van der Waals surface area contributed by atoms with Gasteiger partial charge < -0.3 is 4.90 Å². The van der Waals surface area contributed by atoms with Gasteiger partial charge in [0.1, 0.15) is 0 Å². The van der Waals surface area contributed by atoms with Gasteiger partial charge in [-0.2, -0.15) is 0 Å². The summed E-state index contributed by atoms with van der Waals surface area (Å²) in [5.41, 5.74) is 2.45. The van der Waals surface area contributed by atoms with Crippen molar-refractivity contribution in [3.05, 3.63) is 34.6 Å². The Morgan fingerprint density at radius 2 is 1.95 bits per heavy atom. The molecule has 4 nitrogen and oxygen atoms in total. The van der Waals surface area contributed by atoms with Crippen LogP contribution in [0.5, 0.6) is 0 Å². The van der Waals surface area contributed by atoms with E-state index >= 15 is 0 Å². The lowest BCUT2D eigenvalue weighted by atomic mass is 10.1. The van der Waals surface area contributed by atoms with Gasteiger partial charge in [0, 0.05) is 19.3 Å². The average Bonchev–Trinajstić information content (AvgIpc) is 2.80. The van der Waals surface area contributed by atoms with E-state index in [1.165, 1.54) is 5.56 Å². The van der Waals surface area contributed by atoms with Crippen LogP contribution in [0, 0.1) is 4.77 Å². The molecule has 1 N–H and O–H groups in total. The third-order valence-electron chi connectivity index (χ3n) is 3.22. The van der Waals surface area contributed by atoms with Crippen LogP contribution >= 0.6 is 12.2 Å². The molecular weight excluding hydrogens is 256 g/mol. The van der Waals surface area contributed by atoms with E-state index in [0.717, 1.165) is 31.0 Å². The molecule has 19 heavy (non-hydrogen) atoms. The smallest absolute Gasteiger partial charge is 0.229 e. The monoisotopic (exact) mass is 276 g/mol. The fourth-order valence-corrected chi connectivity index (χ4v) is 2.28. The summed E-state index contributed by atoms with van der Waals surface area (Å²) in [6, 6.07) is 8.54. The first kappa shape index (κ1) is 13.8. The summed E-state index contributed by atoms with van der Waals surface area (Å²) in [6.45, 7) is 5.17. The van der Waals surface area contributed by atoms with Gasteiger partial charge in [-0.1, -0.05) is 26.0 Å². The topological polar surface area (TPSA) is 36.9 Å². The summed E-state index contributed by atoms with van der Waals surface area (Å²) >= 11 is 5.27. The number of hydrogen-bond donors (Lipinski definition) is 1. The van der Waals surface area contributed by atoms with Gasteiger partial charge in [0.25, 0.3) is 0 Å². The van der Waals surface area contributed by atoms with E-state index < -0.39 is 0 Å². The molecular formula is C14H20N4S. The lowest BCUT2D eigenvalue weighted by Crippen LogP contribution is -2.15. The molecule has 1 aromatic heterocycles. The Kier molecular flexibility index (Phi) is 4.37. The maximum absolute atomic E-state index is 5.27. The Balaban J connectivity index is 2.32. The van der Waals surface area contributed by atoms with Gasteiger partial charge in [-0.15, -0.1) is 5.10 Å². The summed E-state index contributed by atoms with van der Waals surface area (Å²) in [4.78, 5) is 2.06. The van der Waals surface area contributed by atoms with Gasteiger partial charge in [0.15, 0.2) is 4.77 Å². The van der Waals surface area contributed by atoms with Crippen molar-refractivity contribution < 1.29 is 0 Å². The highest BCUT2D eigenvalue weighted by molar-refractivity contribution is 7.71. The van der Waals surface area contributed by atoms with Crippen molar-refractivity contribution in [1.82, 2.24) is 14.8 Å². The molecule has 0 aliphatic carbocycles. The van der Waals surface area contributed by atoms with Gasteiger partial charge in [0.2, 0.25) is 5.95 Å². The Hall–Kier alpha value is -1.62. The van der Waals surface area contributed by atoms with Crippen LogP contribution in [0.1, 0.15) is 25.8 Å². The zero-order valence-electron chi connectivity index (χ0n) is 11.7. The third kappa shape index (κ3) is 2.87. The molecule has 5 heteroatoms. The molecule has 102 valence electrons. The first-order chi connectivity index (χ1) is 9.17. The average molecular weight is 276 g/mol. The molecule has 0 saturated heterocycles. The van der Waals surface area contributed by atoms with Crippen LogP contribution in [0.25, 0.3) is 0 Å². The summed E-state index contributed by atoms with van der Waals surface area (Å²) in [5, 5.41) is 7.19. The molecule has 0 saturated carbocycles. The van der Waals surface area contributed by atoms with Crippen molar-refractivity contribution >= 4 is 23.9 Å². The van der Waals surface area contributed by atoms with Gasteiger partial charge in [-0.3, -0.25) is 4.57 Å². The number of H-pyrrole nitrogens is 1. The second-order valence-corrected chi connectivity index (χ2v) is 4.95. The van der Waals surface area contributed by atoms with Gasteiger partial charge in [-0.05, 0) is 42.8 Å². The number of anilines is 2. The highest BCUT2D eigenvalue weighted by Gasteiger charge is 2.12. The third-order valence-corrected chi connectivity index (χ3v) is 3.53. The molecule has 2 aromatic rings. The lowest BCUT2D eigenvalue weighted by Gasteiger charge is -2.19. The minimum Gasteiger partial charge on any atom is -0.314 e. The number of nitrogens with zero attached hydrogens (tertiary/aromatic N) is 3. The van der Waals surface area contributed by atoms with Gasteiger partial charge in [0.05, 0.1) is 0 Å². The van der Waals surface area contributed by atoms with Crippen LogP contribution in [-0.4, -0.2) is 21.8 Å². The number of rotatable bonds is 5. The van der Waals surface area contributed by atoms with Crippen LogP contribution in [-0.2, 0) is 13.0 Å². The van der Waals surface area contributed by atoms with E-state index in [0.29, 0.717) is 4.77 Å². The molecule has 0 bridgehead atoms. The van der Waals surface area contributed by atoms with Crippen molar-refractivity contribution in [2.45, 2.75) is 33.2 Å². The summed E-state index contributed by atoms with van der Waals surface area (Å²) in [7, 11) is 2.01. The van der Waals surface area contributed by atoms with Crippen LogP contribution in [0.15, 0.2) is 24.3 Å². The summed E-state index contributed by atoms with van der Waals surface area (Å²) in [6.07, 6.45) is 2.09. The quantitative estimate of drug-likeness (QED) is 0.846. The van der Waals surface area contributed by atoms with E-state index in [-0.39, 0.29) is 0 Å².